The number of nitrogens with one attached hydrogen (secondary N) is 1. The largest absolute Gasteiger partial charge is 0.360 e. The Kier molecular flexibility index (Phi) is 4.99. The fourth-order valence-corrected chi connectivity index (χ4v) is 3.90. The number of carbonyl (C=O) groups is 2. The Hall–Kier alpha value is -2.94. The van der Waals surface area contributed by atoms with Crippen LogP contribution in [0.1, 0.15) is 29.0 Å². The standard InChI is InChI=1S/C19H23N5O4/c1-13-9-16(21-28-13)20-17(25)12-24-10-14(4-5-18(24)26)19(27)23-8-7-22-6-2-3-15(22)11-23/h4-5,9-10,15H,2-3,6-8,11-12H2,1H3,(H,20,21,25). The van der Waals surface area contributed by atoms with E-state index in [9.17, 15) is 14.4 Å². The Labute approximate surface area is 161 Å². The monoisotopic (exact) mass is 385 g/mol. The number of amides is 2. The lowest BCUT2D eigenvalue weighted by Crippen LogP contribution is -2.52. The number of piperazine rings is 1. The third-order valence-electron chi connectivity index (χ3n) is 5.31. The molecule has 9 heteroatoms. The van der Waals surface area contributed by atoms with Gasteiger partial charge in [-0.2, -0.15) is 0 Å². The predicted octanol–water partition coefficient (Wildman–Crippen LogP) is 0.704. The molecule has 28 heavy (non-hydrogen) atoms. The van der Waals surface area contributed by atoms with Gasteiger partial charge in [0.2, 0.25) is 5.91 Å². The first-order valence-electron chi connectivity index (χ1n) is 9.46. The first-order chi connectivity index (χ1) is 13.5. The average molecular weight is 385 g/mol. The minimum atomic E-state index is -0.417. The van der Waals surface area contributed by atoms with Crippen LogP contribution >= 0.6 is 0 Å². The highest BCUT2D eigenvalue weighted by atomic mass is 16.5. The molecule has 148 valence electrons. The van der Waals surface area contributed by atoms with Gasteiger partial charge in [0.1, 0.15) is 12.3 Å². The van der Waals surface area contributed by atoms with Crippen molar-refractivity contribution in [3.05, 3.63) is 46.1 Å². The first kappa shape index (κ1) is 18.4. The number of anilines is 1. The van der Waals surface area contributed by atoms with Crippen LogP contribution in [-0.4, -0.2) is 63.6 Å². The smallest absolute Gasteiger partial charge is 0.255 e. The highest BCUT2D eigenvalue weighted by Crippen LogP contribution is 2.22. The summed E-state index contributed by atoms with van der Waals surface area (Å²) in [6, 6.07) is 4.87. The summed E-state index contributed by atoms with van der Waals surface area (Å²) in [5.74, 6) is 0.340. The summed E-state index contributed by atoms with van der Waals surface area (Å²) in [7, 11) is 0. The van der Waals surface area contributed by atoms with Crippen LogP contribution in [0.5, 0.6) is 0 Å². The highest BCUT2D eigenvalue weighted by molar-refractivity contribution is 5.94. The fraction of sp³-hybridized carbons (Fsp3) is 0.474. The van der Waals surface area contributed by atoms with Gasteiger partial charge in [-0.25, -0.2) is 0 Å². The zero-order valence-electron chi connectivity index (χ0n) is 15.8. The fourth-order valence-electron chi connectivity index (χ4n) is 3.90. The second kappa shape index (κ2) is 7.59. The van der Waals surface area contributed by atoms with Gasteiger partial charge < -0.3 is 19.3 Å². The molecule has 2 aliphatic heterocycles. The van der Waals surface area contributed by atoms with Gasteiger partial charge in [-0.05, 0) is 32.4 Å². The second-order valence-electron chi connectivity index (χ2n) is 7.34. The van der Waals surface area contributed by atoms with Crippen LogP contribution in [0.3, 0.4) is 0 Å². The number of aromatic nitrogens is 2. The maximum absolute atomic E-state index is 12.9. The topological polar surface area (TPSA) is 101 Å². The van der Waals surface area contributed by atoms with Crippen LogP contribution in [0.4, 0.5) is 5.82 Å². The van der Waals surface area contributed by atoms with Gasteiger partial charge in [0.15, 0.2) is 5.82 Å². The van der Waals surface area contributed by atoms with E-state index >= 15 is 0 Å². The lowest BCUT2D eigenvalue weighted by molar-refractivity contribution is -0.116. The third-order valence-corrected chi connectivity index (χ3v) is 5.31. The SMILES string of the molecule is Cc1cc(NC(=O)Cn2cc(C(=O)N3CCN4CCCC4C3)ccc2=O)no1. The van der Waals surface area contributed by atoms with E-state index in [0.29, 0.717) is 30.5 Å². The van der Waals surface area contributed by atoms with Crippen LogP contribution in [0.2, 0.25) is 0 Å². The summed E-state index contributed by atoms with van der Waals surface area (Å²) in [6.07, 6.45) is 3.75. The van der Waals surface area contributed by atoms with Crippen LogP contribution < -0.4 is 10.9 Å². The molecule has 2 aliphatic rings. The van der Waals surface area contributed by atoms with E-state index in [4.69, 9.17) is 4.52 Å². The molecule has 0 aliphatic carbocycles. The molecule has 2 fully saturated rings. The number of aryl methyl sites for hydroxylation is 1. The normalized spacial score (nSPS) is 19.5. The Balaban J connectivity index is 1.45. The van der Waals surface area contributed by atoms with Crippen LogP contribution in [0, 0.1) is 6.92 Å². The maximum Gasteiger partial charge on any atom is 0.255 e. The summed E-state index contributed by atoms with van der Waals surface area (Å²) in [5.41, 5.74) is 0.0692. The van der Waals surface area contributed by atoms with Gasteiger partial charge in [-0.3, -0.25) is 19.3 Å². The Morgan fingerprint density at radius 1 is 1.29 bits per heavy atom. The van der Waals surface area contributed by atoms with Gasteiger partial charge in [-0.1, -0.05) is 5.16 Å². The van der Waals surface area contributed by atoms with E-state index in [1.807, 2.05) is 4.90 Å². The number of carbonyl (C=O) groups excluding carboxylic acids is 2. The van der Waals surface area contributed by atoms with E-state index in [-0.39, 0.29) is 23.8 Å². The molecule has 2 saturated heterocycles. The highest BCUT2D eigenvalue weighted by Gasteiger charge is 2.32. The Morgan fingerprint density at radius 2 is 2.14 bits per heavy atom. The number of rotatable bonds is 4. The number of fused-ring (bicyclic) bond motifs is 1. The maximum atomic E-state index is 12.9. The minimum absolute atomic E-state index is 0.104. The molecule has 1 atom stereocenters. The minimum Gasteiger partial charge on any atom is -0.360 e. The van der Waals surface area contributed by atoms with E-state index in [1.54, 1.807) is 13.0 Å². The van der Waals surface area contributed by atoms with Gasteiger partial charge in [-0.15, -0.1) is 0 Å². The number of hydrogen-bond acceptors (Lipinski definition) is 6. The van der Waals surface area contributed by atoms with Crippen LogP contribution in [-0.2, 0) is 11.3 Å². The van der Waals surface area contributed by atoms with Gasteiger partial charge in [0, 0.05) is 44.0 Å². The summed E-state index contributed by atoms with van der Waals surface area (Å²) in [5, 5.41) is 6.27. The third kappa shape index (κ3) is 3.84. The summed E-state index contributed by atoms with van der Waals surface area (Å²) in [6.45, 7) is 4.90. The van der Waals surface area contributed by atoms with Gasteiger partial charge >= 0.3 is 0 Å². The molecule has 0 spiro atoms. The van der Waals surface area contributed by atoms with Gasteiger partial charge in [0.25, 0.3) is 11.5 Å². The number of nitrogens with zero attached hydrogens (tertiary/aromatic N) is 4. The average Bonchev–Trinajstić information content (AvgIpc) is 3.30. The van der Waals surface area contributed by atoms with E-state index in [0.717, 1.165) is 19.5 Å². The molecule has 0 radical (unpaired) electrons. The zero-order chi connectivity index (χ0) is 19.7. The van der Waals surface area contributed by atoms with Crippen molar-refractivity contribution in [1.82, 2.24) is 19.5 Å². The molecule has 9 nitrogen and oxygen atoms in total. The molecular weight excluding hydrogens is 362 g/mol. The van der Waals surface area contributed by atoms with E-state index in [1.165, 1.54) is 29.3 Å². The van der Waals surface area contributed by atoms with E-state index in [2.05, 4.69) is 15.4 Å². The molecule has 2 aromatic heterocycles. The van der Waals surface area contributed by atoms with Crippen molar-refractivity contribution in [2.45, 2.75) is 32.4 Å². The van der Waals surface area contributed by atoms with E-state index < -0.39 is 5.91 Å². The molecule has 0 saturated carbocycles. The molecule has 4 rings (SSSR count). The lowest BCUT2D eigenvalue weighted by Gasteiger charge is -2.37. The summed E-state index contributed by atoms with van der Waals surface area (Å²) >= 11 is 0. The molecule has 4 heterocycles. The molecule has 2 amide bonds. The molecule has 2 aromatic rings. The van der Waals surface area contributed by atoms with Crippen LogP contribution in [0.25, 0.3) is 0 Å². The predicted molar refractivity (Wildman–Crippen MR) is 101 cm³/mol. The second-order valence-corrected chi connectivity index (χ2v) is 7.34. The van der Waals surface area contributed by atoms with Gasteiger partial charge in [0.05, 0.1) is 5.56 Å². The van der Waals surface area contributed by atoms with Crippen LogP contribution in [0.15, 0.2) is 33.7 Å². The molecule has 0 bridgehead atoms. The van der Waals surface area contributed by atoms with Crippen molar-refractivity contribution >= 4 is 17.6 Å². The summed E-state index contributed by atoms with van der Waals surface area (Å²) < 4.78 is 6.14. The quantitative estimate of drug-likeness (QED) is 0.832. The molecule has 1 N–H and O–H groups in total. The van der Waals surface area contributed by atoms with Crippen molar-refractivity contribution in [3.63, 3.8) is 0 Å². The molecular formula is C19H23N5O4. The molecule has 0 aromatic carbocycles. The van der Waals surface area contributed by atoms with Crippen molar-refractivity contribution in [1.29, 1.82) is 0 Å². The van der Waals surface area contributed by atoms with Crippen molar-refractivity contribution in [2.24, 2.45) is 0 Å². The first-order valence-corrected chi connectivity index (χ1v) is 9.46. The van der Waals surface area contributed by atoms with Crippen molar-refractivity contribution < 1.29 is 14.1 Å². The zero-order valence-corrected chi connectivity index (χ0v) is 15.8. The van der Waals surface area contributed by atoms with Crippen molar-refractivity contribution in [3.8, 4) is 0 Å². The lowest BCUT2D eigenvalue weighted by atomic mass is 10.1. The summed E-state index contributed by atoms with van der Waals surface area (Å²) in [4.78, 5) is 41.5. The molecule has 1 unspecified atom stereocenters. The Bertz CT molecular complexity index is 950. The van der Waals surface area contributed by atoms with Crippen molar-refractivity contribution in [2.75, 3.05) is 31.5 Å². The number of hydrogen-bond donors (Lipinski definition) is 1. The number of pyridine rings is 1. The Morgan fingerprint density at radius 3 is 2.93 bits per heavy atom.